The molecule has 2 N–H and O–H groups in total. The number of alkyl halides is 3. The largest absolute Gasteiger partial charge is 0.418 e. The number of halogens is 3. The first-order chi connectivity index (χ1) is 18.7. The zero-order chi connectivity index (χ0) is 27.3. The second-order valence-corrected chi connectivity index (χ2v) is 12.8. The molecule has 7 nitrogen and oxygen atoms in total. The number of likely N-dealkylation sites (tertiary alicyclic amines) is 1. The third-order valence-electron chi connectivity index (χ3n) is 10.2. The van der Waals surface area contributed by atoms with Gasteiger partial charge in [0.15, 0.2) is 0 Å². The van der Waals surface area contributed by atoms with Crippen LogP contribution in [0.1, 0.15) is 81.9 Å². The molecule has 2 saturated heterocycles. The Labute approximate surface area is 228 Å². The molecule has 2 aromatic rings. The number of hydrazine groups is 1. The van der Waals surface area contributed by atoms with Crippen LogP contribution in [-0.2, 0) is 12.7 Å². The Balaban J connectivity index is 1.30. The maximum Gasteiger partial charge on any atom is 0.418 e. The molecule has 216 valence electrons. The third kappa shape index (κ3) is 5.42. The van der Waals surface area contributed by atoms with Gasteiger partial charge in [-0.1, -0.05) is 32.6 Å². The molecule has 4 atom stereocenters. The molecule has 2 aromatic heterocycles. The van der Waals surface area contributed by atoms with Crippen LogP contribution >= 0.6 is 0 Å². The number of fused-ring (bicyclic) bond motifs is 1. The Hall–Kier alpha value is -1.88. The highest BCUT2D eigenvalue weighted by atomic mass is 19.4. The second-order valence-electron chi connectivity index (χ2n) is 12.8. The van der Waals surface area contributed by atoms with Gasteiger partial charge in [0.1, 0.15) is 0 Å². The molecule has 3 unspecified atom stereocenters. The number of imidazole rings is 1. The van der Waals surface area contributed by atoms with Crippen molar-refractivity contribution in [2.24, 2.45) is 23.7 Å². The fraction of sp³-hybridized carbons (Fsp3) is 0.759. The number of pyridine rings is 1. The fourth-order valence-corrected chi connectivity index (χ4v) is 7.72. The highest BCUT2D eigenvalue weighted by Gasteiger charge is 2.44. The number of rotatable bonds is 6. The molecule has 4 heterocycles. The lowest BCUT2D eigenvalue weighted by Crippen LogP contribution is -2.50. The predicted molar refractivity (Wildman–Crippen MR) is 145 cm³/mol. The number of hydrogen-bond acceptors (Lipinski definition) is 5. The van der Waals surface area contributed by atoms with Crippen molar-refractivity contribution < 1.29 is 13.2 Å². The average Bonchev–Trinajstić information content (AvgIpc) is 3.44. The van der Waals surface area contributed by atoms with E-state index in [1.807, 2.05) is 0 Å². The molecule has 2 aliphatic carbocycles. The van der Waals surface area contributed by atoms with Crippen molar-refractivity contribution in [3.05, 3.63) is 40.1 Å². The Bertz CT molecular complexity index is 1210. The van der Waals surface area contributed by atoms with Gasteiger partial charge in [-0.3, -0.25) is 18.8 Å². The molecular formula is C29H43F3N6O. The van der Waals surface area contributed by atoms with Crippen LogP contribution in [0.4, 0.5) is 13.2 Å². The van der Waals surface area contributed by atoms with Crippen LogP contribution in [0.5, 0.6) is 0 Å². The van der Waals surface area contributed by atoms with E-state index in [0.29, 0.717) is 35.8 Å². The Morgan fingerprint density at radius 1 is 1.03 bits per heavy atom. The molecule has 0 spiro atoms. The first-order valence-electron chi connectivity index (χ1n) is 14.9. The lowest BCUT2D eigenvalue weighted by Gasteiger charge is -2.46. The molecule has 4 aliphatic rings. The van der Waals surface area contributed by atoms with Gasteiger partial charge in [-0.05, 0) is 87.5 Å². The minimum absolute atomic E-state index is 0.0254. The molecule has 0 aromatic carbocycles. The first-order valence-corrected chi connectivity index (χ1v) is 14.9. The van der Waals surface area contributed by atoms with E-state index in [-0.39, 0.29) is 23.4 Å². The second kappa shape index (κ2) is 10.8. The van der Waals surface area contributed by atoms with E-state index in [9.17, 15) is 18.0 Å². The van der Waals surface area contributed by atoms with Crippen LogP contribution in [0.2, 0.25) is 0 Å². The number of aromatic nitrogens is 2. The average molecular weight is 549 g/mol. The van der Waals surface area contributed by atoms with E-state index in [2.05, 4.69) is 34.6 Å². The van der Waals surface area contributed by atoms with Crippen LogP contribution in [0.3, 0.4) is 0 Å². The fourth-order valence-electron chi connectivity index (χ4n) is 7.72. The molecule has 10 heteroatoms. The van der Waals surface area contributed by atoms with E-state index < -0.39 is 11.7 Å². The topological polar surface area (TPSA) is 57.0 Å². The summed E-state index contributed by atoms with van der Waals surface area (Å²) in [5, 5.41) is 0. The normalized spacial score (nSPS) is 29.2. The van der Waals surface area contributed by atoms with E-state index in [1.165, 1.54) is 35.9 Å². The first kappa shape index (κ1) is 27.3. The summed E-state index contributed by atoms with van der Waals surface area (Å²) in [5.41, 5.74) is 6.24. The molecule has 39 heavy (non-hydrogen) atoms. The number of nitrogens with one attached hydrogen (secondary N) is 2. The molecule has 6 rings (SSSR count). The highest BCUT2D eigenvalue weighted by Crippen LogP contribution is 2.47. The van der Waals surface area contributed by atoms with Crippen LogP contribution in [0.25, 0.3) is 5.52 Å². The molecule has 0 amide bonds. The zero-order valence-corrected chi connectivity index (χ0v) is 23.2. The summed E-state index contributed by atoms with van der Waals surface area (Å²) in [4.78, 5) is 18.2. The van der Waals surface area contributed by atoms with E-state index >= 15 is 0 Å². The van der Waals surface area contributed by atoms with Gasteiger partial charge in [0.2, 0.25) is 0 Å². The number of nitrogens with zero attached hydrogens (tertiary/aromatic N) is 4. The van der Waals surface area contributed by atoms with Gasteiger partial charge in [0.05, 0.1) is 23.9 Å². The van der Waals surface area contributed by atoms with Crippen molar-refractivity contribution in [1.29, 1.82) is 0 Å². The van der Waals surface area contributed by atoms with Crippen LogP contribution in [-0.4, -0.2) is 51.7 Å². The summed E-state index contributed by atoms with van der Waals surface area (Å²) in [6.07, 6.45) is 8.49. The van der Waals surface area contributed by atoms with Crippen molar-refractivity contribution in [1.82, 2.24) is 29.6 Å². The lowest BCUT2D eigenvalue weighted by molar-refractivity contribution is -0.136. The van der Waals surface area contributed by atoms with Gasteiger partial charge in [-0.15, -0.1) is 0 Å². The molecule has 0 radical (unpaired) electrons. The molecule has 4 fully saturated rings. The minimum atomic E-state index is -4.52. The third-order valence-corrected chi connectivity index (χ3v) is 10.2. The number of hydrogen-bond donors (Lipinski definition) is 2. The summed E-state index contributed by atoms with van der Waals surface area (Å²) in [6.45, 7) is 5.21. The summed E-state index contributed by atoms with van der Waals surface area (Å²) >= 11 is 0. The predicted octanol–water partition coefficient (Wildman–Crippen LogP) is 4.82. The Kier molecular flexibility index (Phi) is 7.58. The van der Waals surface area contributed by atoms with Crippen molar-refractivity contribution in [2.45, 2.75) is 89.6 Å². The van der Waals surface area contributed by atoms with Crippen molar-refractivity contribution in [3.8, 4) is 0 Å². The van der Waals surface area contributed by atoms with E-state index in [1.54, 1.807) is 10.8 Å². The van der Waals surface area contributed by atoms with Crippen LogP contribution in [0, 0.1) is 23.7 Å². The van der Waals surface area contributed by atoms with E-state index in [4.69, 9.17) is 0 Å². The maximum absolute atomic E-state index is 14.3. The summed E-state index contributed by atoms with van der Waals surface area (Å²) in [7, 11) is 2.13. The van der Waals surface area contributed by atoms with Gasteiger partial charge in [-0.2, -0.15) is 13.2 Å². The quantitative estimate of drug-likeness (QED) is 0.542. The maximum atomic E-state index is 14.3. The minimum Gasteiger partial charge on any atom is -0.299 e. The molecule has 2 aliphatic heterocycles. The standard InChI is InChI=1S/C29H43F3N6O/c1-19-9-11-36(12-10-19)15-20-13-24(29(30,31)32)25-17-37(28(39)38(25)16-20)23-8-4-7-22(14-23)26(21-5-3-6-21)27-34-33-18-35(27)2/h13,16-17,19,21-23,26-27,33-34H,3-12,14-15,18H2,1-2H3/t22?,23?,26-,27?/m1/s1. The van der Waals surface area contributed by atoms with Gasteiger partial charge < -0.3 is 0 Å². The highest BCUT2D eigenvalue weighted by molar-refractivity contribution is 5.56. The summed E-state index contributed by atoms with van der Waals surface area (Å²) in [5.74, 6) is 2.22. The van der Waals surface area contributed by atoms with Crippen LogP contribution in [0.15, 0.2) is 23.3 Å². The SMILES string of the molecule is CC1CCN(Cc2cc(C(F)(F)F)c3cn(C4CCCC([C@@H](C5CCC5)C5NNCN5C)C4)c(=O)n3c2)CC1. The van der Waals surface area contributed by atoms with Gasteiger partial charge in [0.25, 0.3) is 0 Å². The smallest absolute Gasteiger partial charge is 0.299 e. The van der Waals surface area contributed by atoms with Crippen molar-refractivity contribution in [3.63, 3.8) is 0 Å². The molecule has 0 bridgehead atoms. The Morgan fingerprint density at radius 2 is 1.74 bits per heavy atom. The van der Waals surface area contributed by atoms with Crippen molar-refractivity contribution >= 4 is 5.52 Å². The monoisotopic (exact) mass is 548 g/mol. The lowest BCUT2D eigenvalue weighted by atomic mass is 9.65. The number of piperidine rings is 1. The summed E-state index contributed by atoms with van der Waals surface area (Å²) < 4.78 is 45.7. The Morgan fingerprint density at radius 3 is 2.38 bits per heavy atom. The van der Waals surface area contributed by atoms with Gasteiger partial charge >= 0.3 is 11.9 Å². The van der Waals surface area contributed by atoms with Crippen molar-refractivity contribution in [2.75, 3.05) is 26.8 Å². The zero-order valence-electron chi connectivity index (χ0n) is 23.2. The van der Waals surface area contributed by atoms with Gasteiger partial charge in [0, 0.05) is 25.0 Å². The van der Waals surface area contributed by atoms with E-state index in [0.717, 1.165) is 58.3 Å². The molecule has 2 saturated carbocycles. The van der Waals surface area contributed by atoms with Crippen LogP contribution < -0.4 is 16.5 Å². The summed E-state index contributed by atoms with van der Waals surface area (Å²) in [6, 6.07) is 1.19. The van der Waals surface area contributed by atoms with Gasteiger partial charge in [-0.25, -0.2) is 15.6 Å². The molecular weight excluding hydrogens is 505 g/mol.